The number of ether oxygens (including phenoxy) is 1. The van der Waals surface area contributed by atoms with Crippen LogP contribution in [0.1, 0.15) is 17.5 Å². The van der Waals surface area contributed by atoms with Crippen molar-refractivity contribution in [3.05, 3.63) is 69.7 Å². The van der Waals surface area contributed by atoms with Crippen molar-refractivity contribution in [2.45, 2.75) is 6.42 Å². The van der Waals surface area contributed by atoms with Crippen LogP contribution in [0.25, 0.3) is 12.2 Å². The van der Waals surface area contributed by atoms with Crippen molar-refractivity contribution in [3.63, 3.8) is 0 Å². The van der Waals surface area contributed by atoms with Crippen molar-refractivity contribution in [1.82, 2.24) is 0 Å². The third kappa shape index (κ3) is 5.76. The maximum atomic E-state index is 11.9. The first-order valence-electron chi connectivity index (χ1n) is 7.63. The highest BCUT2D eigenvalue weighted by Crippen LogP contribution is 2.26. The molecule has 6 heteroatoms. The van der Waals surface area contributed by atoms with Gasteiger partial charge in [-0.1, -0.05) is 47.5 Å². The molecule has 0 aliphatic heterocycles. The number of ketones is 2. The summed E-state index contributed by atoms with van der Waals surface area (Å²) >= 11 is 11.7. The van der Waals surface area contributed by atoms with Gasteiger partial charge in [0.2, 0.25) is 0 Å². The van der Waals surface area contributed by atoms with Gasteiger partial charge in [0.15, 0.2) is 23.1 Å². The van der Waals surface area contributed by atoms with Gasteiger partial charge in [-0.25, -0.2) is 0 Å². The van der Waals surface area contributed by atoms with Crippen LogP contribution in [-0.2, 0) is 9.59 Å². The normalized spacial score (nSPS) is 11.2. The second-order valence-electron chi connectivity index (χ2n) is 5.38. The minimum atomic E-state index is -0.333. The molecule has 0 amide bonds. The smallest absolute Gasteiger partial charge is 0.163 e. The number of methoxy groups -OCH3 is 1. The standard InChI is InChI=1S/C20H16Cl2O4/c1-26-20-11-14(5-9-19(20)25)3-7-16(24)12-15(23)6-2-13-4-8-17(21)18(22)10-13/h2-11,25H,12H2,1H3/b6-2+,7-3+. The van der Waals surface area contributed by atoms with E-state index in [-0.39, 0.29) is 23.7 Å². The highest BCUT2D eigenvalue weighted by molar-refractivity contribution is 6.42. The predicted octanol–water partition coefficient (Wildman–Crippen LogP) is 4.96. The number of benzene rings is 2. The fourth-order valence-corrected chi connectivity index (χ4v) is 2.39. The van der Waals surface area contributed by atoms with Crippen LogP contribution in [0.4, 0.5) is 0 Å². The Labute approximate surface area is 161 Å². The van der Waals surface area contributed by atoms with E-state index in [4.69, 9.17) is 27.9 Å². The fraction of sp³-hybridized carbons (Fsp3) is 0.100. The van der Waals surface area contributed by atoms with Crippen LogP contribution < -0.4 is 4.74 Å². The molecule has 4 nitrogen and oxygen atoms in total. The van der Waals surface area contributed by atoms with E-state index in [1.807, 2.05) is 0 Å². The van der Waals surface area contributed by atoms with E-state index in [1.165, 1.54) is 25.3 Å². The molecule has 2 rings (SSSR count). The fourth-order valence-electron chi connectivity index (χ4n) is 2.08. The lowest BCUT2D eigenvalue weighted by atomic mass is 10.1. The van der Waals surface area contributed by atoms with Crippen molar-refractivity contribution in [2.24, 2.45) is 0 Å². The molecule has 0 aliphatic rings. The number of hydrogen-bond donors (Lipinski definition) is 1. The van der Waals surface area contributed by atoms with Crippen LogP contribution in [0.3, 0.4) is 0 Å². The van der Waals surface area contributed by atoms with E-state index < -0.39 is 0 Å². The average molecular weight is 391 g/mol. The summed E-state index contributed by atoms with van der Waals surface area (Å²) in [7, 11) is 1.44. The quantitative estimate of drug-likeness (QED) is 0.535. The largest absolute Gasteiger partial charge is 0.504 e. The van der Waals surface area contributed by atoms with Crippen LogP contribution in [0.2, 0.25) is 10.0 Å². The number of allylic oxidation sites excluding steroid dienone is 2. The Balaban J connectivity index is 1.95. The number of rotatable bonds is 7. The Morgan fingerprint density at radius 2 is 1.54 bits per heavy atom. The van der Waals surface area contributed by atoms with Gasteiger partial charge in [0.25, 0.3) is 0 Å². The second kappa shape index (κ2) is 9.22. The molecule has 26 heavy (non-hydrogen) atoms. The number of phenols is 1. The summed E-state index contributed by atoms with van der Waals surface area (Å²) in [5.74, 6) is -0.339. The Kier molecular flexibility index (Phi) is 7.01. The molecule has 0 aliphatic carbocycles. The average Bonchev–Trinajstić information content (AvgIpc) is 2.62. The Morgan fingerprint density at radius 1 is 0.962 bits per heavy atom. The number of carbonyl (C=O) groups is 2. The molecule has 0 saturated carbocycles. The molecule has 1 N–H and O–H groups in total. The maximum absolute atomic E-state index is 11.9. The minimum Gasteiger partial charge on any atom is -0.504 e. The molecular formula is C20H16Cl2O4. The lowest BCUT2D eigenvalue weighted by Crippen LogP contribution is -2.01. The zero-order chi connectivity index (χ0) is 19.1. The molecule has 0 heterocycles. The number of aromatic hydroxyl groups is 1. The summed E-state index contributed by atoms with van der Waals surface area (Å²) in [5.41, 5.74) is 1.39. The molecule has 0 radical (unpaired) electrons. The van der Waals surface area contributed by atoms with E-state index in [9.17, 15) is 14.7 Å². The van der Waals surface area contributed by atoms with Gasteiger partial charge in [0, 0.05) is 0 Å². The first kappa shape index (κ1) is 19.8. The Morgan fingerprint density at radius 3 is 2.12 bits per heavy atom. The molecule has 0 unspecified atom stereocenters. The first-order chi connectivity index (χ1) is 12.4. The lowest BCUT2D eigenvalue weighted by molar-refractivity contribution is -0.121. The number of halogens is 2. The topological polar surface area (TPSA) is 63.6 Å². The summed E-state index contributed by atoms with van der Waals surface area (Å²) in [4.78, 5) is 23.8. The Hall–Kier alpha value is -2.56. The molecule has 2 aromatic rings. The van der Waals surface area contributed by atoms with Crippen molar-refractivity contribution in [3.8, 4) is 11.5 Å². The molecule has 2 aromatic carbocycles. The second-order valence-corrected chi connectivity index (χ2v) is 6.20. The van der Waals surface area contributed by atoms with Gasteiger partial charge in [0.05, 0.1) is 23.6 Å². The van der Waals surface area contributed by atoms with Crippen LogP contribution in [0, 0.1) is 0 Å². The van der Waals surface area contributed by atoms with Gasteiger partial charge in [-0.2, -0.15) is 0 Å². The third-order valence-corrected chi connectivity index (χ3v) is 4.16. The summed E-state index contributed by atoms with van der Waals surface area (Å²) in [5, 5.41) is 10.4. The van der Waals surface area contributed by atoms with Gasteiger partial charge < -0.3 is 9.84 Å². The lowest BCUT2D eigenvalue weighted by Gasteiger charge is -2.03. The van der Waals surface area contributed by atoms with Gasteiger partial charge in [0.1, 0.15) is 0 Å². The van der Waals surface area contributed by atoms with Crippen LogP contribution >= 0.6 is 23.2 Å². The van der Waals surface area contributed by atoms with E-state index in [0.717, 1.165) is 0 Å². The SMILES string of the molecule is COc1cc(/C=C/C(=O)CC(=O)/C=C/c2ccc(Cl)c(Cl)c2)ccc1O. The van der Waals surface area contributed by atoms with Crippen LogP contribution in [-0.4, -0.2) is 23.8 Å². The van der Waals surface area contributed by atoms with E-state index in [2.05, 4.69) is 0 Å². The number of phenolic OH excluding ortho intramolecular Hbond substituents is 1. The maximum Gasteiger partial charge on any atom is 0.163 e. The van der Waals surface area contributed by atoms with Gasteiger partial charge >= 0.3 is 0 Å². The number of carbonyl (C=O) groups excluding carboxylic acids is 2. The monoisotopic (exact) mass is 390 g/mol. The molecular weight excluding hydrogens is 375 g/mol. The molecule has 0 saturated heterocycles. The molecule has 134 valence electrons. The molecule has 0 spiro atoms. The molecule has 0 aromatic heterocycles. The third-order valence-electron chi connectivity index (χ3n) is 3.42. The summed E-state index contributed by atoms with van der Waals surface area (Å²) in [6, 6.07) is 9.67. The molecule has 0 atom stereocenters. The van der Waals surface area contributed by atoms with Crippen LogP contribution in [0.15, 0.2) is 48.6 Å². The zero-order valence-corrected chi connectivity index (χ0v) is 15.4. The van der Waals surface area contributed by atoms with Gasteiger partial charge in [-0.15, -0.1) is 0 Å². The predicted molar refractivity (Wildman–Crippen MR) is 104 cm³/mol. The van der Waals surface area contributed by atoms with Crippen molar-refractivity contribution >= 4 is 46.9 Å². The van der Waals surface area contributed by atoms with Crippen LogP contribution in [0.5, 0.6) is 11.5 Å². The number of hydrogen-bond acceptors (Lipinski definition) is 4. The Bertz CT molecular complexity index is 885. The van der Waals surface area contributed by atoms with Crippen molar-refractivity contribution in [1.29, 1.82) is 0 Å². The first-order valence-corrected chi connectivity index (χ1v) is 8.38. The van der Waals surface area contributed by atoms with Gasteiger partial charge in [-0.05, 0) is 47.5 Å². The highest BCUT2D eigenvalue weighted by Gasteiger charge is 2.05. The minimum absolute atomic E-state index is 0.0126. The highest BCUT2D eigenvalue weighted by atomic mass is 35.5. The summed E-state index contributed by atoms with van der Waals surface area (Å²) in [6.07, 6.45) is 5.53. The molecule has 0 bridgehead atoms. The van der Waals surface area contributed by atoms with E-state index >= 15 is 0 Å². The van der Waals surface area contributed by atoms with Crippen molar-refractivity contribution < 1.29 is 19.4 Å². The summed E-state index contributed by atoms with van der Waals surface area (Å²) < 4.78 is 5.00. The van der Waals surface area contributed by atoms with Crippen molar-refractivity contribution in [2.75, 3.05) is 7.11 Å². The summed E-state index contributed by atoms with van der Waals surface area (Å²) in [6.45, 7) is 0. The zero-order valence-electron chi connectivity index (χ0n) is 13.9. The van der Waals surface area contributed by atoms with E-state index in [1.54, 1.807) is 42.5 Å². The van der Waals surface area contributed by atoms with E-state index in [0.29, 0.717) is 26.9 Å². The molecule has 0 fully saturated rings. The van der Waals surface area contributed by atoms with Gasteiger partial charge in [-0.3, -0.25) is 9.59 Å².